The van der Waals surface area contributed by atoms with Gasteiger partial charge in [-0.15, -0.1) is 0 Å². The summed E-state index contributed by atoms with van der Waals surface area (Å²) in [5, 5.41) is 0. The van der Waals surface area contributed by atoms with Crippen molar-refractivity contribution in [2.75, 3.05) is 35.5 Å². The minimum Gasteiger partial charge on any atom is -0.497 e. The van der Waals surface area contributed by atoms with Gasteiger partial charge in [0.25, 0.3) is 0 Å². The monoisotopic (exact) mass is 1090 g/mol. The smallest absolute Gasteiger partial charge is 0.118 e. The van der Waals surface area contributed by atoms with Crippen LogP contribution in [-0.4, -0.2) is 41.7 Å². The van der Waals surface area contributed by atoms with Crippen molar-refractivity contribution in [3.63, 3.8) is 0 Å². The summed E-state index contributed by atoms with van der Waals surface area (Å²) < 4.78 is 30.3. The fraction of sp³-hybridized carbons (Fsp3) is 0.179. The van der Waals surface area contributed by atoms with E-state index in [0.29, 0.717) is 0 Å². The van der Waals surface area contributed by atoms with Gasteiger partial charge in [-0.2, -0.15) is 0 Å². The zero-order chi connectivity index (χ0) is 57.4. The Morgan fingerprint density at radius 3 is 0.771 bits per heavy atom. The molecule has 2 aliphatic carbocycles. The molecule has 5 nitrogen and oxygen atoms in total. The summed E-state index contributed by atoms with van der Waals surface area (Å²) in [7, 11) is 8.83. The molecule has 9 aromatic carbocycles. The zero-order valence-electron chi connectivity index (χ0n) is 48.8. The van der Waals surface area contributed by atoms with E-state index in [1.807, 2.05) is 7.11 Å². The first kappa shape index (κ1) is 55.7. The molecule has 9 aromatic rings. The number of hydrogen-bond acceptors (Lipinski definition) is 5. The van der Waals surface area contributed by atoms with Crippen LogP contribution in [0.1, 0.15) is 77.3 Å². The van der Waals surface area contributed by atoms with Gasteiger partial charge in [0, 0.05) is 7.11 Å². The lowest BCUT2D eigenvalue weighted by atomic mass is 9.62. The summed E-state index contributed by atoms with van der Waals surface area (Å²) in [6, 6.07) is 90.0. The largest absolute Gasteiger partial charge is 0.497 e. The molecule has 0 radical (unpaired) electrons. The van der Waals surface area contributed by atoms with Crippen molar-refractivity contribution in [3.05, 3.63) is 327 Å². The van der Waals surface area contributed by atoms with Crippen LogP contribution in [0.5, 0.6) is 23.0 Å². The first-order valence-corrected chi connectivity index (χ1v) is 28.9. The summed E-state index contributed by atoms with van der Waals surface area (Å²) in [6.07, 6.45) is 0.992. The summed E-state index contributed by atoms with van der Waals surface area (Å²) in [4.78, 5) is 0. The highest BCUT2D eigenvalue weighted by atomic mass is 16.5. The van der Waals surface area contributed by atoms with Gasteiger partial charge < -0.3 is 23.7 Å². The van der Waals surface area contributed by atoms with Crippen LogP contribution < -0.4 is 18.9 Å². The predicted molar refractivity (Wildman–Crippen MR) is 342 cm³/mol. The normalized spacial score (nSPS) is 20.9. The molecular weight excluding hydrogens is 1020 g/mol. The van der Waals surface area contributed by atoms with E-state index in [9.17, 15) is 0 Å². The summed E-state index contributed by atoms with van der Waals surface area (Å²) in [5.41, 5.74) is 20.8. The third-order valence-electron chi connectivity index (χ3n) is 17.2. The van der Waals surface area contributed by atoms with Crippen molar-refractivity contribution >= 4 is 27.9 Å². The average molecular weight is 1090 g/mol. The molecule has 11 rings (SSSR count). The highest BCUT2D eigenvalue weighted by Gasteiger charge is 2.47. The highest BCUT2D eigenvalue weighted by molar-refractivity contribution is 6.13. The van der Waals surface area contributed by atoms with Gasteiger partial charge in [0.05, 0.1) is 34.5 Å². The van der Waals surface area contributed by atoms with E-state index >= 15 is 0 Å². The summed E-state index contributed by atoms with van der Waals surface area (Å²) in [5.74, 6) is 3.77. The second-order valence-corrected chi connectivity index (χ2v) is 21.8. The third kappa shape index (κ3) is 11.2. The zero-order valence-corrected chi connectivity index (χ0v) is 48.8. The van der Waals surface area contributed by atoms with Crippen LogP contribution in [0.3, 0.4) is 0 Å². The number of rotatable bonds is 15. The average Bonchev–Trinajstić information content (AvgIpc) is 3.76. The number of allylic oxidation sites excluding steroid dienone is 6. The fourth-order valence-electron chi connectivity index (χ4n) is 13.1. The molecule has 83 heavy (non-hydrogen) atoms. The lowest BCUT2D eigenvalue weighted by Gasteiger charge is -2.45. The molecular formula is C78H72O5. The van der Waals surface area contributed by atoms with E-state index in [-0.39, 0.29) is 29.8 Å². The minimum absolute atomic E-state index is 0.0440. The van der Waals surface area contributed by atoms with Gasteiger partial charge >= 0.3 is 0 Å². The summed E-state index contributed by atoms with van der Waals surface area (Å²) >= 11 is 0. The molecule has 0 bridgehead atoms. The van der Waals surface area contributed by atoms with Crippen LogP contribution in [-0.2, 0) is 4.74 Å². The highest BCUT2D eigenvalue weighted by Crippen LogP contribution is 2.62. The molecule has 0 aromatic heterocycles. The van der Waals surface area contributed by atoms with Crippen molar-refractivity contribution in [1.82, 2.24) is 0 Å². The molecule has 0 amide bonds. The Balaban J connectivity index is 1.56. The van der Waals surface area contributed by atoms with Crippen LogP contribution in [0, 0.1) is 23.7 Å². The number of methoxy groups -OCH3 is 5. The minimum atomic E-state index is 0.0440. The maximum atomic E-state index is 6.43. The molecule has 0 heterocycles. The molecule has 0 aliphatic heterocycles. The van der Waals surface area contributed by atoms with Crippen molar-refractivity contribution < 1.29 is 23.7 Å². The van der Waals surface area contributed by atoms with Crippen LogP contribution in [0.15, 0.2) is 277 Å². The fourth-order valence-corrected chi connectivity index (χ4v) is 13.1. The summed E-state index contributed by atoms with van der Waals surface area (Å²) in [6.45, 7) is 7.33. The predicted octanol–water partition coefficient (Wildman–Crippen LogP) is 18.4. The van der Waals surface area contributed by atoms with Crippen molar-refractivity contribution in [2.45, 2.75) is 33.3 Å². The molecule has 0 spiro atoms. The SMILES string of the molecule is COc1ccc(/C(=C2C(=C(c3ccccc3)C3C(C)CC(OC)C(C)C3C)C(=C(/c3ccccc3)c3ccc(OC)cc3)/C(=C(/c3ccccc3)c3ccc(OC)cc3)C/2=C(/c2ccccc2)c2ccc(OC)cc2)c2ccccc2)cc1. The lowest BCUT2D eigenvalue weighted by molar-refractivity contribution is -0.0254. The first-order valence-electron chi connectivity index (χ1n) is 28.9. The van der Waals surface area contributed by atoms with E-state index in [1.165, 1.54) is 16.7 Å². The second-order valence-electron chi connectivity index (χ2n) is 21.8. The van der Waals surface area contributed by atoms with E-state index < -0.39 is 0 Å². The van der Waals surface area contributed by atoms with Crippen LogP contribution >= 0.6 is 0 Å². The molecule has 5 unspecified atom stereocenters. The van der Waals surface area contributed by atoms with Gasteiger partial charge in [0.2, 0.25) is 0 Å². The van der Waals surface area contributed by atoms with E-state index in [4.69, 9.17) is 23.7 Å². The Kier molecular flexibility index (Phi) is 17.0. The van der Waals surface area contributed by atoms with Crippen LogP contribution in [0.25, 0.3) is 27.9 Å². The molecule has 5 atom stereocenters. The Morgan fingerprint density at radius 1 is 0.277 bits per heavy atom. The van der Waals surface area contributed by atoms with Crippen LogP contribution in [0.4, 0.5) is 0 Å². The van der Waals surface area contributed by atoms with Gasteiger partial charge in [-0.1, -0.05) is 221 Å². The standard InChI is InChI=1S/C78H72O5/c1-51-50-67(83-8)52(2)53(3)68(51)73(58-32-22-13-23-33-58)78-76(71(56-28-18-11-19-29-56)61-38-46-65(81-6)47-39-61)74(69(54-24-14-9-15-25-54)59-34-42-63(79-4)43-35-59)75(70(55-26-16-10-17-27-55)60-36-44-64(80-5)45-37-60)77(78)72(57-30-20-12-21-31-57)62-40-48-66(82-7)49-41-62/h9-49,51-53,67-68H,50H2,1-8H3/b74-69-,75-70+,76-71-,77-72+,78-73?. The lowest BCUT2D eigenvalue weighted by Crippen LogP contribution is -2.41. The molecule has 414 valence electrons. The van der Waals surface area contributed by atoms with E-state index in [1.54, 1.807) is 28.4 Å². The first-order chi connectivity index (χ1) is 40.7. The maximum Gasteiger partial charge on any atom is 0.118 e. The van der Waals surface area contributed by atoms with Crippen molar-refractivity contribution in [2.24, 2.45) is 23.7 Å². The molecule has 2 fully saturated rings. The van der Waals surface area contributed by atoms with Gasteiger partial charge in [-0.05, 0) is 184 Å². The van der Waals surface area contributed by atoms with Crippen LogP contribution in [0.2, 0.25) is 0 Å². The van der Waals surface area contributed by atoms with Crippen molar-refractivity contribution in [1.29, 1.82) is 0 Å². The van der Waals surface area contributed by atoms with E-state index in [2.05, 4.69) is 269 Å². The Labute approximate surface area is 491 Å². The molecule has 2 saturated carbocycles. The van der Waals surface area contributed by atoms with Gasteiger partial charge in [-0.3, -0.25) is 0 Å². The second kappa shape index (κ2) is 25.3. The quantitative estimate of drug-likeness (QED) is 0.102. The molecule has 0 saturated heterocycles. The molecule has 5 heteroatoms. The number of ether oxygens (including phenoxy) is 5. The number of benzene rings is 9. The van der Waals surface area contributed by atoms with Crippen molar-refractivity contribution in [3.8, 4) is 23.0 Å². The van der Waals surface area contributed by atoms with Gasteiger partial charge in [0.15, 0.2) is 0 Å². The molecule has 0 N–H and O–H groups in total. The molecule has 2 aliphatic rings. The Bertz CT molecular complexity index is 3610. The number of hydrogen-bond donors (Lipinski definition) is 0. The Morgan fingerprint density at radius 2 is 0.518 bits per heavy atom. The Hall–Kier alpha value is -9.16. The van der Waals surface area contributed by atoms with Gasteiger partial charge in [-0.25, -0.2) is 0 Å². The third-order valence-corrected chi connectivity index (χ3v) is 17.2. The topological polar surface area (TPSA) is 46.2 Å². The van der Waals surface area contributed by atoms with Gasteiger partial charge in [0.1, 0.15) is 23.0 Å². The maximum absolute atomic E-state index is 6.43. The van der Waals surface area contributed by atoms with E-state index in [0.717, 1.165) is 119 Å².